The van der Waals surface area contributed by atoms with E-state index in [1.165, 1.54) is 25.3 Å². The lowest BCUT2D eigenvalue weighted by Gasteiger charge is -2.14. The number of ether oxygens (including phenoxy) is 1. The number of para-hydroxylation sites is 1. The number of nitrogens with zero attached hydrogens (tertiary/aromatic N) is 1. The number of hydrogen-bond acceptors (Lipinski definition) is 5. The lowest BCUT2D eigenvalue weighted by Crippen LogP contribution is -2.20. The SMILES string of the molecule is CCn1c(C=C[C@H](O)C[C@@H](O)CC(=O)OC)c(-c2ccc(F)cc2)c(C(C)C)c1C(=O)Nc1ccccc1. The fraction of sp³-hybridized carbons (Fsp3) is 0.333. The Bertz CT molecular complexity index is 1270. The van der Waals surface area contributed by atoms with Gasteiger partial charge >= 0.3 is 5.97 Å². The molecule has 0 fully saturated rings. The maximum absolute atomic E-state index is 13.8. The Morgan fingerprint density at radius 3 is 2.32 bits per heavy atom. The molecule has 202 valence electrons. The van der Waals surface area contributed by atoms with Crippen LogP contribution in [0.5, 0.6) is 0 Å². The van der Waals surface area contributed by atoms with E-state index in [2.05, 4.69) is 10.1 Å². The monoisotopic (exact) mass is 522 g/mol. The minimum Gasteiger partial charge on any atom is -0.469 e. The van der Waals surface area contributed by atoms with Crippen LogP contribution in [0.2, 0.25) is 0 Å². The molecule has 0 aliphatic heterocycles. The van der Waals surface area contributed by atoms with Gasteiger partial charge in [0.15, 0.2) is 0 Å². The van der Waals surface area contributed by atoms with Crippen LogP contribution in [0.25, 0.3) is 17.2 Å². The van der Waals surface area contributed by atoms with Gasteiger partial charge in [-0.1, -0.05) is 50.3 Å². The third kappa shape index (κ3) is 6.96. The number of carbonyl (C=O) groups is 2. The Hall–Kier alpha value is -3.75. The highest BCUT2D eigenvalue weighted by Crippen LogP contribution is 2.39. The standard InChI is InChI=1S/C30H35FN2O5/c1-5-33-25(16-15-23(34)17-24(35)18-26(36)38-4)28(20-11-13-21(31)14-12-20)27(19(2)3)29(33)30(37)32-22-9-7-6-8-10-22/h6-16,19,23-24,34-35H,5,17-18H2,1-4H3,(H,32,37)/t23-,24+/m0/s1. The van der Waals surface area contributed by atoms with E-state index in [0.717, 1.165) is 16.7 Å². The molecule has 1 aromatic heterocycles. The Morgan fingerprint density at radius 1 is 1.08 bits per heavy atom. The van der Waals surface area contributed by atoms with E-state index in [1.54, 1.807) is 18.2 Å². The highest BCUT2D eigenvalue weighted by Gasteiger charge is 2.28. The number of carbonyl (C=O) groups excluding carboxylic acids is 2. The van der Waals surface area contributed by atoms with Crippen LogP contribution in [0.3, 0.4) is 0 Å². The molecule has 8 heteroatoms. The normalized spacial score (nSPS) is 13.1. The predicted molar refractivity (Wildman–Crippen MR) is 146 cm³/mol. The number of halogens is 1. The minimum atomic E-state index is -1.07. The van der Waals surface area contributed by atoms with Gasteiger partial charge in [-0.3, -0.25) is 9.59 Å². The van der Waals surface area contributed by atoms with E-state index in [9.17, 15) is 24.2 Å². The summed E-state index contributed by atoms with van der Waals surface area (Å²) in [6.45, 7) is 6.37. The van der Waals surface area contributed by atoms with Gasteiger partial charge in [-0.15, -0.1) is 0 Å². The van der Waals surface area contributed by atoms with Crippen molar-refractivity contribution in [3.8, 4) is 11.1 Å². The molecule has 0 aliphatic carbocycles. The summed E-state index contributed by atoms with van der Waals surface area (Å²) in [7, 11) is 1.24. The number of aliphatic hydroxyl groups is 2. The molecule has 38 heavy (non-hydrogen) atoms. The number of nitrogens with one attached hydrogen (secondary N) is 1. The van der Waals surface area contributed by atoms with E-state index in [1.807, 2.05) is 55.7 Å². The minimum absolute atomic E-state index is 0.0571. The van der Waals surface area contributed by atoms with Gasteiger partial charge in [-0.05, 0) is 54.3 Å². The molecule has 7 nitrogen and oxygen atoms in total. The molecular weight excluding hydrogens is 487 g/mol. The first-order valence-corrected chi connectivity index (χ1v) is 12.7. The van der Waals surface area contributed by atoms with Gasteiger partial charge < -0.3 is 24.8 Å². The van der Waals surface area contributed by atoms with Crippen molar-refractivity contribution >= 4 is 23.6 Å². The summed E-state index contributed by atoms with van der Waals surface area (Å²) in [5, 5.41) is 23.7. The molecule has 0 unspecified atom stereocenters. The van der Waals surface area contributed by atoms with Crippen molar-refractivity contribution in [2.24, 2.45) is 0 Å². The lowest BCUT2D eigenvalue weighted by molar-refractivity contribution is -0.143. The quantitative estimate of drug-likeness (QED) is 0.294. The molecule has 0 saturated carbocycles. The van der Waals surface area contributed by atoms with Gasteiger partial charge in [0, 0.05) is 29.9 Å². The van der Waals surface area contributed by atoms with Gasteiger partial charge in [0.25, 0.3) is 5.91 Å². The molecule has 3 rings (SSSR count). The topological polar surface area (TPSA) is 101 Å². The van der Waals surface area contributed by atoms with Crippen LogP contribution in [-0.2, 0) is 16.1 Å². The number of amides is 1. The molecule has 0 bridgehead atoms. The molecule has 2 aromatic carbocycles. The van der Waals surface area contributed by atoms with Crippen LogP contribution in [0, 0.1) is 5.82 Å². The van der Waals surface area contributed by atoms with Crippen LogP contribution in [-0.4, -0.2) is 46.0 Å². The van der Waals surface area contributed by atoms with Crippen LogP contribution in [0.1, 0.15) is 61.3 Å². The molecule has 1 amide bonds. The first-order valence-electron chi connectivity index (χ1n) is 12.7. The van der Waals surface area contributed by atoms with Crippen molar-refractivity contribution in [1.82, 2.24) is 4.57 Å². The second-order valence-electron chi connectivity index (χ2n) is 9.34. The number of anilines is 1. The molecule has 0 saturated heterocycles. The van der Waals surface area contributed by atoms with Crippen molar-refractivity contribution in [3.63, 3.8) is 0 Å². The summed E-state index contributed by atoms with van der Waals surface area (Å²) in [4.78, 5) is 25.1. The number of hydrogen-bond donors (Lipinski definition) is 3. The largest absolute Gasteiger partial charge is 0.469 e. The van der Waals surface area contributed by atoms with Crippen LogP contribution in [0.15, 0.2) is 60.7 Å². The van der Waals surface area contributed by atoms with E-state index < -0.39 is 18.2 Å². The van der Waals surface area contributed by atoms with Gasteiger partial charge in [0.1, 0.15) is 11.5 Å². The first-order chi connectivity index (χ1) is 18.2. The van der Waals surface area contributed by atoms with Gasteiger partial charge in [-0.25, -0.2) is 4.39 Å². The second-order valence-corrected chi connectivity index (χ2v) is 9.34. The van der Waals surface area contributed by atoms with Crippen molar-refractivity contribution < 1.29 is 28.9 Å². The molecule has 3 aromatic rings. The molecule has 0 radical (unpaired) electrons. The third-order valence-corrected chi connectivity index (χ3v) is 6.23. The summed E-state index contributed by atoms with van der Waals surface area (Å²) >= 11 is 0. The fourth-order valence-corrected chi connectivity index (χ4v) is 4.52. The smallest absolute Gasteiger partial charge is 0.308 e. The zero-order chi connectivity index (χ0) is 27.8. The average molecular weight is 523 g/mol. The lowest BCUT2D eigenvalue weighted by atomic mass is 9.92. The number of methoxy groups -OCH3 is 1. The molecule has 3 N–H and O–H groups in total. The molecule has 1 heterocycles. The maximum atomic E-state index is 13.8. The Balaban J connectivity index is 2.11. The van der Waals surface area contributed by atoms with E-state index in [-0.39, 0.29) is 30.5 Å². The van der Waals surface area contributed by atoms with Crippen LogP contribution >= 0.6 is 0 Å². The highest BCUT2D eigenvalue weighted by molar-refractivity contribution is 6.06. The van der Waals surface area contributed by atoms with E-state index in [4.69, 9.17) is 0 Å². The van der Waals surface area contributed by atoms with Gasteiger partial charge in [0.2, 0.25) is 0 Å². The molecular formula is C30H35FN2O5. The zero-order valence-electron chi connectivity index (χ0n) is 22.1. The zero-order valence-corrected chi connectivity index (χ0v) is 22.1. The highest BCUT2D eigenvalue weighted by atomic mass is 19.1. The Labute approximate surface area is 222 Å². The fourth-order valence-electron chi connectivity index (χ4n) is 4.52. The summed E-state index contributed by atoms with van der Waals surface area (Å²) in [5.74, 6) is -1.27. The predicted octanol–water partition coefficient (Wildman–Crippen LogP) is 5.38. The molecule has 0 spiro atoms. The summed E-state index contributed by atoms with van der Waals surface area (Å²) in [6, 6.07) is 15.3. The first kappa shape index (κ1) is 28.8. The number of rotatable bonds is 11. The molecule has 2 atom stereocenters. The summed E-state index contributed by atoms with van der Waals surface area (Å²) in [6.07, 6.45) is 0.813. The average Bonchev–Trinajstić information content (AvgIpc) is 3.23. The van der Waals surface area contributed by atoms with Crippen LogP contribution < -0.4 is 5.32 Å². The Kier molecular flexibility index (Phi) is 9.98. The Morgan fingerprint density at radius 2 is 1.74 bits per heavy atom. The van der Waals surface area contributed by atoms with Crippen LogP contribution in [0.4, 0.5) is 10.1 Å². The van der Waals surface area contributed by atoms with E-state index >= 15 is 0 Å². The maximum Gasteiger partial charge on any atom is 0.308 e. The third-order valence-electron chi connectivity index (χ3n) is 6.23. The summed E-state index contributed by atoms with van der Waals surface area (Å²) < 4.78 is 20.2. The van der Waals surface area contributed by atoms with Crippen molar-refractivity contribution in [3.05, 3.63) is 83.4 Å². The van der Waals surface area contributed by atoms with E-state index in [0.29, 0.717) is 23.6 Å². The number of aliphatic hydroxyl groups excluding tert-OH is 2. The number of benzene rings is 2. The van der Waals surface area contributed by atoms with Gasteiger partial charge in [-0.2, -0.15) is 0 Å². The number of esters is 1. The number of aromatic nitrogens is 1. The van der Waals surface area contributed by atoms with Gasteiger partial charge in [0.05, 0.1) is 25.7 Å². The summed E-state index contributed by atoms with van der Waals surface area (Å²) in [5.41, 5.74) is 4.10. The van der Waals surface area contributed by atoms with Crippen molar-refractivity contribution in [1.29, 1.82) is 0 Å². The van der Waals surface area contributed by atoms with Crippen molar-refractivity contribution in [2.75, 3.05) is 12.4 Å². The molecule has 0 aliphatic rings. The van der Waals surface area contributed by atoms with Crippen molar-refractivity contribution in [2.45, 2.75) is 58.3 Å². The second kappa shape index (κ2) is 13.2.